The molecule has 112 valence electrons. The first-order valence-electron chi connectivity index (χ1n) is 5.88. The Labute approximate surface area is 131 Å². The average Bonchev–Trinajstić information content (AvgIpc) is 2.41. The van der Waals surface area contributed by atoms with Crippen LogP contribution in [0.5, 0.6) is 0 Å². The molecule has 4 nitrogen and oxygen atoms in total. The van der Waals surface area contributed by atoms with E-state index in [1.165, 1.54) is 0 Å². The van der Waals surface area contributed by atoms with Crippen LogP contribution in [-0.2, 0) is 6.18 Å². The van der Waals surface area contributed by atoms with E-state index in [2.05, 4.69) is 36.2 Å². The molecule has 21 heavy (non-hydrogen) atoms. The minimum Gasteiger partial charge on any atom is -0.354 e. The lowest BCUT2D eigenvalue weighted by Gasteiger charge is -2.10. The van der Waals surface area contributed by atoms with E-state index in [-0.39, 0.29) is 11.0 Å². The summed E-state index contributed by atoms with van der Waals surface area (Å²) in [5.41, 5.74) is -0.979. The zero-order chi connectivity index (χ0) is 15.5. The van der Waals surface area contributed by atoms with E-state index in [4.69, 9.17) is 0 Å². The molecular formula is C12H10BrF3N4S. The summed E-state index contributed by atoms with van der Waals surface area (Å²) in [5.74, 6) is -0.0491. The molecule has 2 heterocycles. The summed E-state index contributed by atoms with van der Waals surface area (Å²) >= 11 is 4.29. The van der Waals surface area contributed by atoms with Gasteiger partial charge >= 0.3 is 6.18 Å². The van der Waals surface area contributed by atoms with Gasteiger partial charge in [0.1, 0.15) is 10.1 Å². The van der Waals surface area contributed by atoms with Gasteiger partial charge in [-0.3, -0.25) is 0 Å². The summed E-state index contributed by atoms with van der Waals surface area (Å²) in [6, 6.07) is 4.36. The van der Waals surface area contributed by atoms with Gasteiger partial charge in [-0.05, 0) is 46.7 Å². The van der Waals surface area contributed by atoms with Crippen LogP contribution in [0.3, 0.4) is 0 Å². The third-order valence-electron chi connectivity index (χ3n) is 2.24. The zero-order valence-electron chi connectivity index (χ0n) is 10.8. The summed E-state index contributed by atoms with van der Waals surface area (Å²) in [4.78, 5) is 11.6. The van der Waals surface area contributed by atoms with E-state index in [1.807, 2.05) is 0 Å². The molecule has 0 aromatic carbocycles. The molecule has 0 atom stereocenters. The van der Waals surface area contributed by atoms with E-state index < -0.39 is 11.9 Å². The number of nitrogens with one attached hydrogen (secondary N) is 1. The molecule has 1 N–H and O–H groups in total. The third kappa shape index (κ3) is 4.57. The molecule has 2 aromatic heterocycles. The van der Waals surface area contributed by atoms with Gasteiger partial charge in [-0.1, -0.05) is 0 Å². The fourth-order valence-corrected chi connectivity index (χ4v) is 2.38. The molecule has 9 heteroatoms. The maximum atomic E-state index is 12.8. The number of rotatable bonds is 4. The van der Waals surface area contributed by atoms with Crippen LogP contribution >= 0.6 is 27.7 Å². The van der Waals surface area contributed by atoms with Gasteiger partial charge in [0.15, 0.2) is 5.69 Å². The molecule has 2 aromatic rings. The van der Waals surface area contributed by atoms with E-state index in [1.54, 1.807) is 25.3 Å². The highest BCUT2D eigenvalue weighted by molar-refractivity contribution is 9.10. The Morgan fingerprint density at radius 3 is 2.57 bits per heavy atom. The molecule has 0 aliphatic heterocycles. The van der Waals surface area contributed by atoms with Crippen LogP contribution in [0.25, 0.3) is 0 Å². The number of aromatic nitrogens is 3. The molecule has 0 fully saturated rings. The Morgan fingerprint density at radius 1 is 1.24 bits per heavy atom. The molecule has 0 saturated carbocycles. The lowest BCUT2D eigenvalue weighted by Crippen LogP contribution is -2.12. The van der Waals surface area contributed by atoms with Crippen molar-refractivity contribution in [2.75, 3.05) is 11.9 Å². The number of hydrogen-bond acceptors (Lipinski definition) is 5. The first-order chi connectivity index (χ1) is 9.88. The SMILES string of the molecule is CCNc1nc(Sc2ccc(Br)cn2)cc(C(F)(F)F)n1. The van der Waals surface area contributed by atoms with E-state index >= 15 is 0 Å². The van der Waals surface area contributed by atoms with E-state index in [0.29, 0.717) is 11.6 Å². The lowest BCUT2D eigenvalue weighted by molar-refractivity contribution is -0.141. The Hall–Kier alpha value is -1.35. The van der Waals surface area contributed by atoms with Crippen molar-refractivity contribution in [1.82, 2.24) is 15.0 Å². The second kappa shape index (κ2) is 6.61. The minimum absolute atomic E-state index is 0.0491. The Kier molecular flexibility index (Phi) is 5.04. The monoisotopic (exact) mass is 378 g/mol. The molecule has 0 aliphatic carbocycles. The largest absolute Gasteiger partial charge is 0.433 e. The van der Waals surface area contributed by atoms with Gasteiger partial charge in [-0.15, -0.1) is 0 Å². The van der Waals surface area contributed by atoms with Crippen molar-refractivity contribution >= 4 is 33.6 Å². The van der Waals surface area contributed by atoms with Crippen LogP contribution in [-0.4, -0.2) is 21.5 Å². The summed E-state index contributed by atoms with van der Waals surface area (Å²) in [6.45, 7) is 2.19. The zero-order valence-corrected chi connectivity index (χ0v) is 13.2. The number of hydrogen-bond donors (Lipinski definition) is 1. The summed E-state index contributed by atoms with van der Waals surface area (Å²) in [6.07, 6.45) is -2.95. The smallest absolute Gasteiger partial charge is 0.354 e. The maximum Gasteiger partial charge on any atom is 0.433 e. The lowest BCUT2D eigenvalue weighted by atomic mass is 10.4. The Balaban J connectivity index is 2.33. The highest BCUT2D eigenvalue weighted by Gasteiger charge is 2.33. The van der Waals surface area contributed by atoms with Gasteiger partial charge in [0.25, 0.3) is 0 Å². The molecule has 0 unspecified atom stereocenters. The van der Waals surface area contributed by atoms with E-state index in [9.17, 15) is 13.2 Å². The standard InChI is InChI=1S/C12H10BrF3N4S/c1-2-17-11-19-8(12(14,15)16)5-10(20-11)21-9-4-3-7(13)6-18-9/h3-6H,2H2,1H3,(H,17,19,20). The number of anilines is 1. The number of nitrogens with zero attached hydrogens (tertiary/aromatic N) is 3. The summed E-state index contributed by atoms with van der Waals surface area (Å²) in [7, 11) is 0. The Bertz CT molecular complexity index is 619. The normalized spacial score (nSPS) is 11.5. The molecule has 0 spiro atoms. The number of pyridine rings is 1. The molecule has 0 radical (unpaired) electrons. The van der Waals surface area contributed by atoms with E-state index in [0.717, 1.165) is 22.3 Å². The van der Waals surface area contributed by atoms with Crippen molar-refractivity contribution < 1.29 is 13.2 Å². The quantitative estimate of drug-likeness (QED) is 0.806. The third-order valence-corrected chi connectivity index (χ3v) is 3.58. The van der Waals surface area contributed by atoms with Crippen LogP contribution < -0.4 is 5.32 Å². The molecular weight excluding hydrogens is 369 g/mol. The molecule has 0 saturated heterocycles. The highest BCUT2D eigenvalue weighted by Crippen LogP contribution is 2.32. The van der Waals surface area contributed by atoms with Gasteiger partial charge < -0.3 is 5.32 Å². The fourth-order valence-electron chi connectivity index (χ4n) is 1.39. The first-order valence-corrected chi connectivity index (χ1v) is 7.49. The predicted octanol–water partition coefficient (Wildman–Crippen LogP) is 4.24. The van der Waals surface area contributed by atoms with Gasteiger partial charge in [-0.25, -0.2) is 15.0 Å². The van der Waals surface area contributed by atoms with Gasteiger partial charge in [0.2, 0.25) is 5.95 Å². The van der Waals surface area contributed by atoms with Crippen LogP contribution in [0.1, 0.15) is 12.6 Å². The summed E-state index contributed by atoms with van der Waals surface area (Å²) < 4.78 is 39.3. The van der Waals surface area contributed by atoms with Crippen molar-refractivity contribution in [3.63, 3.8) is 0 Å². The van der Waals surface area contributed by atoms with Crippen molar-refractivity contribution in [1.29, 1.82) is 0 Å². The average molecular weight is 379 g/mol. The molecule has 0 bridgehead atoms. The van der Waals surface area contributed by atoms with Crippen molar-refractivity contribution in [2.45, 2.75) is 23.2 Å². The molecule has 0 amide bonds. The van der Waals surface area contributed by atoms with Crippen LogP contribution in [0.15, 0.2) is 38.9 Å². The number of alkyl halides is 3. The maximum absolute atomic E-state index is 12.8. The van der Waals surface area contributed by atoms with Crippen LogP contribution in [0.4, 0.5) is 19.1 Å². The molecule has 2 rings (SSSR count). The van der Waals surface area contributed by atoms with Gasteiger partial charge in [0.05, 0.1) is 0 Å². The first kappa shape index (κ1) is 16.0. The van der Waals surface area contributed by atoms with Crippen molar-refractivity contribution in [3.8, 4) is 0 Å². The van der Waals surface area contributed by atoms with Crippen molar-refractivity contribution in [3.05, 3.63) is 34.6 Å². The van der Waals surface area contributed by atoms with Crippen LogP contribution in [0, 0.1) is 0 Å². The van der Waals surface area contributed by atoms with Crippen molar-refractivity contribution in [2.24, 2.45) is 0 Å². The van der Waals surface area contributed by atoms with Gasteiger partial charge in [0, 0.05) is 23.3 Å². The second-order valence-electron chi connectivity index (χ2n) is 3.86. The predicted molar refractivity (Wildman–Crippen MR) is 77.3 cm³/mol. The number of halogens is 4. The Morgan fingerprint density at radius 2 is 2.00 bits per heavy atom. The summed E-state index contributed by atoms with van der Waals surface area (Å²) in [5, 5.41) is 3.42. The van der Waals surface area contributed by atoms with Gasteiger partial charge in [-0.2, -0.15) is 13.2 Å². The highest BCUT2D eigenvalue weighted by atomic mass is 79.9. The minimum atomic E-state index is -4.52. The topological polar surface area (TPSA) is 50.7 Å². The fraction of sp³-hybridized carbons (Fsp3) is 0.250. The van der Waals surface area contributed by atoms with Crippen LogP contribution in [0.2, 0.25) is 0 Å². The second-order valence-corrected chi connectivity index (χ2v) is 5.82. The molecule has 0 aliphatic rings.